The lowest BCUT2D eigenvalue weighted by Crippen LogP contribution is -2.24. The van der Waals surface area contributed by atoms with Crippen LogP contribution in [0.3, 0.4) is 0 Å². The number of benzene rings is 1. The third-order valence-corrected chi connectivity index (χ3v) is 3.75. The molecule has 0 unspecified atom stereocenters. The van der Waals surface area contributed by atoms with Crippen molar-refractivity contribution in [2.75, 3.05) is 18.5 Å². The third-order valence-electron chi connectivity index (χ3n) is 3.75. The monoisotopic (exact) mass is 241 g/mol. The minimum atomic E-state index is 1.10. The molecule has 18 heavy (non-hydrogen) atoms. The number of aromatic nitrogens is 2. The van der Waals surface area contributed by atoms with E-state index in [0.29, 0.717) is 0 Å². The van der Waals surface area contributed by atoms with Crippen molar-refractivity contribution in [3.63, 3.8) is 0 Å². The first-order valence-corrected chi connectivity index (χ1v) is 6.50. The van der Waals surface area contributed by atoms with Crippen molar-refractivity contribution in [1.82, 2.24) is 9.78 Å². The molecule has 94 valence electrons. The second kappa shape index (κ2) is 4.16. The zero-order valence-electron chi connectivity index (χ0n) is 11.3. The van der Waals surface area contributed by atoms with Crippen molar-refractivity contribution in [3.05, 3.63) is 35.7 Å². The summed E-state index contributed by atoms with van der Waals surface area (Å²) in [6.45, 7) is 3.24. The fourth-order valence-corrected chi connectivity index (χ4v) is 2.84. The molecule has 0 spiro atoms. The first-order valence-electron chi connectivity index (χ1n) is 6.50. The summed E-state index contributed by atoms with van der Waals surface area (Å²) in [6, 6.07) is 6.79. The molecule has 0 atom stereocenters. The molecule has 3 nitrogen and oxygen atoms in total. The summed E-state index contributed by atoms with van der Waals surface area (Å²) in [5.41, 5.74) is 6.47. The van der Waals surface area contributed by atoms with E-state index in [1.165, 1.54) is 35.2 Å². The largest absolute Gasteiger partial charge is 0.374 e. The average molecular weight is 241 g/mol. The van der Waals surface area contributed by atoms with Crippen LogP contribution in [0.25, 0.3) is 11.1 Å². The topological polar surface area (TPSA) is 21.1 Å². The summed E-state index contributed by atoms with van der Waals surface area (Å²) in [5.74, 6) is 0. The zero-order valence-corrected chi connectivity index (χ0v) is 11.3. The highest BCUT2D eigenvalue weighted by Gasteiger charge is 2.15. The van der Waals surface area contributed by atoms with Gasteiger partial charge in [0, 0.05) is 38.1 Å². The molecule has 0 bridgehead atoms. The fourth-order valence-electron chi connectivity index (χ4n) is 2.84. The smallest absolute Gasteiger partial charge is 0.0671 e. The van der Waals surface area contributed by atoms with Gasteiger partial charge in [0.25, 0.3) is 0 Å². The Morgan fingerprint density at radius 3 is 2.78 bits per heavy atom. The van der Waals surface area contributed by atoms with Crippen LogP contribution in [0.4, 0.5) is 5.69 Å². The highest BCUT2D eigenvalue weighted by molar-refractivity contribution is 5.70. The summed E-state index contributed by atoms with van der Waals surface area (Å²) < 4.78 is 1.89. The first kappa shape index (κ1) is 11.3. The highest BCUT2D eigenvalue weighted by atomic mass is 15.2. The molecule has 2 aromatic rings. The van der Waals surface area contributed by atoms with Crippen molar-refractivity contribution in [3.8, 4) is 11.1 Å². The Hall–Kier alpha value is -1.77. The number of hydrogen-bond donors (Lipinski definition) is 0. The lowest BCUT2D eigenvalue weighted by atomic mass is 9.97. The summed E-state index contributed by atoms with van der Waals surface area (Å²) in [6.07, 6.45) is 4.54. The van der Waals surface area contributed by atoms with Crippen molar-refractivity contribution < 1.29 is 0 Å². The highest BCUT2D eigenvalue weighted by Crippen LogP contribution is 2.31. The fraction of sp³-hybridized carbons (Fsp3) is 0.400. The molecule has 3 rings (SSSR count). The molecule has 0 saturated carbocycles. The molecule has 1 aliphatic heterocycles. The van der Waals surface area contributed by atoms with Gasteiger partial charge in [-0.05, 0) is 43.0 Å². The standard InChI is InChI=1S/C15H19N3/c1-11-14(10-18(3)16-11)12-6-7-15-13(9-12)5-4-8-17(15)2/h6-7,9-10H,4-5,8H2,1-3H3. The van der Waals surface area contributed by atoms with E-state index in [2.05, 4.69) is 48.4 Å². The second-order valence-electron chi connectivity index (χ2n) is 5.17. The number of aryl methyl sites for hydroxylation is 3. The molecule has 0 N–H and O–H groups in total. The van der Waals surface area contributed by atoms with Gasteiger partial charge in [-0.15, -0.1) is 0 Å². The van der Waals surface area contributed by atoms with E-state index in [0.717, 1.165) is 12.2 Å². The van der Waals surface area contributed by atoms with Crippen LogP contribution >= 0.6 is 0 Å². The van der Waals surface area contributed by atoms with Gasteiger partial charge in [-0.3, -0.25) is 4.68 Å². The van der Waals surface area contributed by atoms with Crippen LogP contribution in [-0.2, 0) is 13.5 Å². The second-order valence-corrected chi connectivity index (χ2v) is 5.17. The summed E-state index contributed by atoms with van der Waals surface area (Å²) in [5, 5.41) is 4.42. The minimum Gasteiger partial charge on any atom is -0.374 e. The third kappa shape index (κ3) is 1.80. The number of nitrogens with zero attached hydrogens (tertiary/aromatic N) is 3. The maximum atomic E-state index is 4.42. The Labute approximate surface area is 108 Å². The molecule has 0 fully saturated rings. The van der Waals surface area contributed by atoms with Crippen molar-refractivity contribution in [2.45, 2.75) is 19.8 Å². The zero-order chi connectivity index (χ0) is 12.7. The Kier molecular flexibility index (Phi) is 2.62. The van der Waals surface area contributed by atoms with E-state index >= 15 is 0 Å². The summed E-state index contributed by atoms with van der Waals surface area (Å²) in [7, 11) is 4.15. The molecule has 2 heterocycles. The maximum absolute atomic E-state index is 4.42. The molecule has 0 aliphatic carbocycles. The number of fused-ring (bicyclic) bond motifs is 1. The number of rotatable bonds is 1. The predicted molar refractivity (Wildman–Crippen MR) is 75.0 cm³/mol. The number of hydrogen-bond acceptors (Lipinski definition) is 2. The lowest BCUT2D eigenvalue weighted by Gasteiger charge is -2.27. The first-order chi connectivity index (χ1) is 8.65. The van der Waals surface area contributed by atoms with Crippen LogP contribution in [-0.4, -0.2) is 23.4 Å². The SMILES string of the molecule is Cc1nn(C)cc1-c1ccc2c(c1)CCCN2C. The van der Waals surface area contributed by atoms with E-state index in [-0.39, 0.29) is 0 Å². The van der Waals surface area contributed by atoms with Crippen LogP contribution in [0.5, 0.6) is 0 Å². The van der Waals surface area contributed by atoms with Gasteiger partial charge in [0.15, 0.2) is 0 Å². The average Bonchev–Trinajstić information content (AvgIpc) is 2.68. The molecule has 0 saturated heterocycles. The lowest BCUT2D eigenvalue weighted by molar-refractivity contribution is 0.745. The quantitative estimate of drug-likeness (QED) is 0.765. The molecular formula is C15H19N3. The Morgan fingerprint density at radius 1 is 1.22 bits per heavy atom. The molecule has 1 aromatic carbocycles. The van der Waals surface area contributed by atoms with E-state index in [1.54, 1.807) is 0 Å². The Morgan fingerprint density at radius 2 is 2.06 bits per heavy atom. The molecule has 3 heteroatoms. The van der Waals surface area contributed by atoms with Gasteiger partial charge in [-0.25, -0.2) is 0 Å². The Bertz CT molecular complexity index is 583. The Balaban J connectivity index is 2.07. The van der Waals surface area contributed by atoms with Gasteiger partial charge >= 0.3 is 0 Å². The van der Waals surface area contributed by atoms with Crippen molar-refractivity contribution in [1.29, 1.82) is 0 Å². The van der Waals surface area contributed by atoms with Crippen molar-refractivity contribution in [2.24, 2.45) is 7.05 Å². The van der Waals surface area contributed by atoms with Crippen LogP contribution in [0, 0.1) is 6.92 Å². The van der Waals surface area contributed by atoms with E-state index < -0.39 is 0 Å². The van der Waals surface area contributed by atoms with Crippen LogP contribution < -0.4 is 4.90 Å². The summed E-state index contributed by atoms with van der Waals surface area (Å²) >= 11 is 0. The van der Waals surface area contributed by atoms with E-state index in [1.807, 2.05) is 11.7 Å². The maximum Gasteiger partial charge on any atom is 0.0671 e. The summed E-state index contributed by atoms with van der Waals surface area (Å²) in [4.78, 5) is 2.35. The minimum absolute atomic E-state index is 1.10. The molecular weight excluding hydrogens is 222 g/mol. The van der Waals surface area contributed by atoms with Crippen LogP contribution in [0.1, 0.15) is 17.7 Å². The molecule has 0 amide bonds. The van der Waals surface area contributed by atoms with Gasteiger partial charge in [-0.2, -0.15) is 5.10 Å². The predicted octanol–water partition coefficient (Wildman–Crippen LogP) is 2.78. The van der Waals surface area contributed by atoms with E-state index in [4.69, 9.17) is 0 Å². The number of anilines is 1. The molecule has 1 aromatic heterocycles. The van der Waals surface area contributed by atoms with Gasteiger partial charge in [0.2, 0.25) is 0 Å². The van der Waals surface area contributed by atoms with Gasteiger partial charge in [0.1, 0.15) is 0 Å². The van der Waals surface area contributed by atoms with E-state index in [9.17, 15) is 0 Å². The van der Waals surface area contributed by atoms with Gasteiger partial charge < -0.3 is 4.90 Å². The van der Waals surface area contributed by atoms with Crippen LogP contribution in [0.15, 0.2) is 24.4 Å². The van der Waals surface area contributed by atoms with Gasteiger partial charge in [-0.1, -0.05) is 6.07 Å². The molecule has 0 radical (unpaired) electrons. The van der Waals surface area contributed by atoms with Crippen molar-refractivity contribution >= 4 is 5.69 Å². The normalized spacial score (nSPS) is 14.7. The van der Waals surface area contributed by atoms with Gasteiger partial charge in [0.05, 0.1) is 5.69 Å². The molecule has 1 aliphatic rings. The van der Waals surface area contributed by atoms with Crippen LogP contribution in [0.2, 0.25) is 0 Å².